The van der Waals surface area contributed by atoms with Crippen molar-refractivity contribution >= 4 is 23.7 Å². The number of carbonyl (C=O) groups excluding carboxylic acids is 3. The Kier molecular flexibility index (Phi) is 2.07. The van der Waals surface area contributed by atoms with Gasteiger partial charge >= 0.3 is 12.1 Å². The molecule has 1 aromatic rings. The van der Waals surface area contributed by atoms with Gasteiger partial charge in [0.1, 0.15) is 5.82 Å². The Balaban J connectivity index is 2.29. The van der Waals surface area contributed by atoms with Crippen LogP contribution >= 0.6 is 0 Å². The van der Waals surface area contributed by atoms with Gasteiger partial charge in [0, 0.05) is 12.6 Å². The van der Waals surface area contributed by atoms with Gasteiger partial charge in [0.25, 0.3) is 5.91 Å². The lowest BCUT2D eigenvalue weighted by Gasteiger charge is -2.40. The predicted octanol–water partition coefficient (Wildman–Crippen LogP) is 0.295. The van der Waals surface area contributed by atoms with Gasteiger partial charge in [-0.05, 0) is 18.2 Å². The van der Waals surface area contributed by atoms with E-state index in [0.717, 1.165) is 17.0 Å². The number of urea groups is 2. The summed E-state index contributed by atoms with van der Waals surface area (Å²) in [7, 11) is 1.34. The molecule has 1 saturated heterocycles. The SMILES string of the molecule is CN1C(=O)Nc2ccc(F)cc2C12NC(=O)NC2=O. The van der Waals surface area contributed by atoms with Gasteiger partial charge in [0.15, 0.2) is 0 Å². The first-order valence-electron chi connectivity index (χ1n) is 5.43. The monoisotopic (exact) mass is 264 g/mol. The molecule has 0 bridgehead atoms. The molecule has 8 heteroatoms. The number of anilines is 1. The minimum atomic E-state index is -1.71. The molecule has 0 radical (unpaired) electrons. The van der Waals surface area contributed by atoms with E-state index in [1.165, 1.54) is 13.1 Å². The lowest BCUT2D eigenvalue weighted by atomic mass is 9.94. The number of amides is 5. The van der Waals surface area contributed by atoms with Crippen molar-refractivity contribution in [1.29, 1.82) is 0 Å². The third-order valence-corrected chi connectivity index (χ3v) is 3.27. The fraction of sp³-hybridized carbons (Fsp3) is 0.182. The molecule has 1 aromatic carbocycles. The van der Waals surface area contributed by atoms with E-state index in [2.05, 4.69) is 16.0 Å². The van der Waals surface area contributed by atoms with Crippen LogP contribution in [0.3, 0.4) is 0 Å². The molecule has 2 aliphatic heterocycles. The number of rotatable bonds is 0. The van der Waals surface area contributed by atoms with E-state index in [-0.39, 0.29) is 11.3 Å². The molecule has 1 unspecified atom stereocenters. The number of carbonyl (C=O) groups is 3. The topological polar surface area (TPSA) is 90.5 Å². The van der Waals surface area contributed by atoms with Crippen molar-refractivity contribution in [2.24, 2.45) is 0 Å². The highest BCUT2D eigenvalue weighted by Crippen LogP contribution is 2.37. The van der Waals surface area contributed by atoms with Gasteiger partial charge in [-0.15, -0.1) is 0 Å². The van der Waals surface area contributed by atoms with E-state index in [1.54, 1.807) is 0 Å². The molecule has 98 valence electrons. The third-order valence-electron chi connectivity index (χ3n) is 3.27. The van der Waals surface area contributed by atoms with Crippen LogP contribution in [-0.2, 0) is 10.5 Å². The highest BCUT2D eigenvalue weighted by atomic mass is 19.1. The number of likely N-dealkylation sites (N-methyl/N-ethyl adjacent to an activating group) is 1. The second-order valence-corrected chi connectivity index (χ2v) is 4.30. The van der Waals surface area contributed by atoms with E-state index < -0.39 is 29.4 Å². The Hall–Kier alpha value is -2.64. The summed E-state index contributed by atoms with van der Waals surface area (Å²) in [5, 5.41) is 6.95. The van der Waals surface area contributed by atoms with E-state index in [1.807, 2.05) is 0 Å². The van der Waals surface area contributed by atoms with E-state index in [9.17, 15) is 18.8 Å². The Morgan fingerprint density at radius 3 is 2.58 bits per heavy atom. The number of hydrogen-bond acceptors (Lipinski definition) is 3. The van der Waals surface area contributed by atoms with E-state index >= 15 is 0 Å². The first-order chi connectivity index (χ1) is 8.95. The van der Waals surface area contributed by atoms with Crippen LogP contribution in [0.15, 0.2) is 18.2 Å². The molecule has 0 aromatic heterocycles. The molecule has 1 fully saturated rings. The van der Waals surface area contributed by atoms with Crippen molar-refractivity contribution in [3.8, 4) is 0 Å². The van der Waals surface area contributed by atoms with Crippen LogP contribution in [-0.4, -0.2) is 29.9 Å². The van der Waals surface area contributed by atoms with Crippen molar-refractivity contribution in [2.45, 2.75) is 5.66 Å². The first kappa shape index (κ1) is 11.5. The van der Waals surface area contributed by atoms with Crippen LogP contribution in [0.5, 0.6) is 0 Å². The van der Waals surface area contributed by atoms with Gasteiger partial charge in [-0.3, -0.25) is 15.0 Å². The second kappa shape index (κ2) is 3.44. The van der Waals surface area contributed by atoms with Gasteiger partial charge in [0.05, 0.1) is 5.69 Å². The highest BCUT2D eigenvalue weighted by Gasteiger charge is 2.56. The summed E-state index contributed by atoms with van der Waals surface area (Å²) in [6, 6.07) is 2.30. The van der Waals surface area contributed by atoms with Crippen molar-refractivity contribution in [2.75, 3.05) is 12.4 Å². The van der Waals surface area contributed by atoms with Crippen LogP contribution in [0, 0.1) is 5.82 Å². The van der Waals surface area contributed by atoms with E-state index in [4.69, 9.17) is 0 Å². The average Bonchev–Trinajstić information content (AvgIpc) is 2.64. The summed E-state index contributed by atoms with van der Waals surface area (Å²) >= 11 is 0. The Morgan fingerprint density at radius 1 is 1.21 bits per heavy atom. The van der Waals surface area contributed by atoms with Crippen molar-refractivity contribution < 1.29 is 18.8 Å². The quantitative estimate of drug-likeness (QED) is 0.588. The molecule has 1 atom stereocenters. The molecule has 2 aliphatic rings. The zero-order valence-electron chi connectivity index (χ0n) is 9.78. The molecular formula is C11H9FN4O3. The lowest BCUT2D eigenvalue weighted by molar-refractivity contribution is -0.129. The Labute approximate surface area is 106 Å². The number of fused-ring (bicyclic) bond motifs is 2. The number of nitrogens with one attached hydrogen (secondary N) is 3. The minimum absolute atomic E-state index is 0.179. The van der Waals surface area contributed by atoms with Crippen molar-refractivity contribution in [3.63, 3.8) is 0 Å². The third kappa shape index (κ3) is 1.33. The minimum Gasteiger partial charge on any atom is -0.307 e. The second-order valence-electron chi connectivity index (χ2n) is 4.30. The molecule has 19 heavy (non-hydrogen) atoms. The van der Waals surface area contributed by atoms with Gasteiger partial charge in [0.2, 0.25) is 5.66 Å². The van der Waals surface area contributed by atoms with Gasteiger partial charge in [-0.1, -0.05) is 0 Å². The first-order valence-corrected chi connectivity index (χ1v) is 5.43. The Morgan fingerprint density at radius 2 is 1.95 bits per heavy atom. The average molecular weight is 264 g/mol. The zero-order chi connectivity index (χ0) is 13.8. The van der Waals surface area contributed by atoms with Gasteiger partial charge < -0.3 is 10.6 Å². The maximum absolute atomic E-state index is 13.4. The number of hydrogen-bond donors (Lipinski definition) is 3. The summed E-state index contributed by atoms with van der Waals surface area (Å²) in [5.74, 6) is -1.29. The van der Waals surface area contributed by atoms with E-state index in [0.29, 0.717) is 0 Å². The fourth-order valence-corrected chi connectivity index (χ4v) is 2.33. The molecular weight excluding hydrogens is 255 g/mol. The zero-order valence-corrected chi connectivity index (χ0v) is 9.78. The maximum Gasteiger partial charge on any atom is 0.324 e. The number of imide groups is 1. The molecule has 1 spiro atoms. The summed E-state index contributed by atoms with van der Waals surface area (Å²) < 4.78 is 13.4. The predicted molar refractivity (Wildman–Crippen MR) is 61.5 cm³/mol. The number of benzene rings is 1. The van der Waals surface area contributed by atoms with Crippen LogP contribution in [0.1, 0.15) is 5.56 Å². The normalized spacial score (nSPS) is 24.9. The van der Waals surface area contributed by atoms with Crippen LogP contribution in [0.2, 0.25) is 0 Å². The van der Waals surface area contributed by atoms with Crippen LogP contribution in [0.4, 0.5) is 19.7 Å². The van der Waals surface area contributed by atoms with Crippen molar-refractivity contribution in [3.05, 3.63) is 29.6 Å². The largest absolute Gasteiger partial charge is 0.324 e. The standard InChI is InChI=1S/C11H9FN4O3/c1-16-10(19)13-7-3-2-5(12)4-6(7)11(16)8(17)14-9(18)15-11/h2-4H,1H3,(H,13,19)(H2,14,15,17,18). The molecule has 3 N–H and O–H groups in total. The van der Waals surface area contributed by atoms with Crippen molar-refractivity contribution in [1.82, 2.24) is 15.5 Å². The molecule has 3 rings (SSSR count). The van der Waals surface area contributed by atoms with Gasteiger partial charge in [-0.25, -0.2) is 14.0 Å². The maximum atomic E-state index is 13.4. The van der Waals surface area contributed by atoms with Gasteiger partial charge in [-0.2, -0.15) is 0 Å². The smallest absolute Gasteiger partial charge is 0.307 e. The summed E-state index contributed by atoms with van der Waals surface area (Å²) in [4.78, 5) is 36.3. The Bertz CT molecular complexity index is 632. The number of nitrogens with zero attached hydrogens (tertiary/aromatic N) is 1. The van der Waals surface area contributed by atoms with Crippen LogP contribution < -0.4 is 16.0 Å². The molecule has 0 aliphatic carbocycles. The summed E-state index contributed by atoms with van der Waals surface area (Å²) in [5.41, 5.74) is -1.25. The molecule has 0 saturated carbocycles. The highest BCUT2D eigenvalue weighted by molar-refractivity contribution is 6.11. The summed E-state index contributed by atoms with van der Waals surface area (Å²) in [6.07, 6.45) is 0. The lowest BCUT2D eigenvalue weighted by Crippen LogP contribution is -2.62. The number of halogens is 1. The molecule has 2 heterocycles. The fourth-order valence-electron chi connectivity index (χ4n) is 2.33. The molecule has 5 amide bonds. The summed E-state index contributed by atoms with van der Waals surface area (Å²) in [6.45, 7) is 0. The molecule has 7 nitrogen and oxygen atoms in total. The van der Waals surface area contributed by atoms with Crippen LogP contribution in [0.25, 0.3) is 0 Å².